The molecule has 0 aliphatic rings. The highest BCUT2D eigenvalue weighted by atomic mass is 16.3. The summed E-state index contributed by atoms with van der Waals surface area (Å²) in [5, 5.41) is 22.8. The third kappa shape index (κ3) is 26.5. The first-order valence-corrected chi connectivity index (χ1v) is 16.4. The highest BCUT2D eigenvalue weighted by molar-refractivity contribution is 5.76. The maximum atomic E-state index is 12.2. The Kier molecular flexibility index (Phi) is 29.0. The summed E-state index contributed by atoms with van der Waals surface area (Å²) in [7, 11) is 0. The summed E-state index contributed by atoms with van der Waals surface area (Å²) in [6.45, 7) is 4.29. The van der Waals surface area contributed by atoms with Crippen LogP contribution in [0.3, 0.4) is 0 Å². The van der Waals surface area contributed by atoms with E-state index in [1.54, 1.807) is 0 Å². The lowest BCUT2D eigenvalue weighted by Gasteiger charge is -2.22. The second-order valence-electron chi connectivity index (χ2n) is 11.2. The van der Waals surface area contributed by atoms with Gasteiger partial charge in [-0.05, 0) is 38.5 Å². The Labute approximate surface area is 231 Å². The van der Waals surface area contributed by atoms with Gasteiger partial charge >= 0.3 is 0 Å². The van der Waals surface area contributed by atoms with Gasteiger partial charge in [0, 0.05) is 6.42 Å². The maximum absolute atomic E-state index is 12.2. The molecule has 0 rings (SSSR count). The number of amides is 1. The Morgan fingerprint density at radius 2 is 1.03 bits per heavy atom. The van der Waals surface area contributed by atoms with Crippen molar-refractivity contribution in [3.8, 4) is 0 Å². The van der Waals surface area contributed by atoms with Crippen LogP contribution >= 0.6 is 0 Å². The van der Waals surface area contributed by atoms with Crippen molar-refractivity contribution < 1.29 is 15.0 Å². The summed E-state index contributed by atoms with van der Waals surface area (Å²) >= 11 is 0. The van der Waals surface area contributed by atoms with E-state index >= 15 is 0 Å². The first-order valence-electron chi connectivity index (χ1n) is 16.4. The zero-order chi connectivity index (χ0) is 27.2. The Bertz CT molecular complexity index is 494. The van der Waals surface area contributed by atoms with Crippen LogP contribution < -0.4 is 5.32 Å². The first kappa shape index (κ1) is 36.1. The number of carbonyl (C=O) groups is 1. The van der Waals surface area contributed by atoms with Crippen LogP contribution in [0.15, 0.2) is 12.2 Å². The number of hydrogen-bond acceptors (Lipinski definition) is 3. The van der Waals surface area contributed by atoms with E-state index in [9.17, 15) is 15.0 Å². The number of nitrogens with one attached hydrogen (secondary N) is 1. The Morgan fingerprint density at radius 1 is 0.622 bits per heavy atom. The van der Waals surface area contributed by atoms with Crippen molar-refractivity contribution in [2.45, 2.75) is 187 Å². The number of carbonyl (C=O) groups excluding carboxylic acids is 1. The van der Waals surface area contributed by atoms with Crippen molar-refractivity contribution in [2.75, 3.05) is 6.61 Å². The number of unbranched alkanes of at least 4 members (excludes halogenated alkanes) is 20. The smallest absolute Gasteiger partial charge is 0.220 e. The summed E-state index contributed by atoms with van der Waals surface area (Å²) in [5.41, 5.74) is 0. The van der Waals surface area contributed by atoms with Crippen molar-refractivity contribution in [1.29, 1.82) is 0 Å². The minimum Gasteiger partial charge on any atom is -0.394 e. The maximum Gasteiger partial charge on any atom is 0.220 e. The lowest BCUT2D eigenvalue weighted by Crippen LogP contribution is -2.45. The predicted molar refractivity (Wildman–Crippen MR) is 161 cm³/mol. The molecule has 0 aromatic rings. The highest BCUT2D eigenvalue weighted by Gasteiger charge is 2.19. The van der Waals surface area contributed by atoms with E-state index in [0.29, 0.717) is 12.8 Å². The standard InChI is InChI=1S/C33H65NO3/c1-3-5-7-9-11-13-14-15-16-17-18-19-21-23-25-27-29-33(37)34-31(30-35)32(36)28-26-24-22-20-12-10-8-6-4-2/h12,20,31-32,35-36H,3-11,13-19,21-30H2,1-2H3,(H,34,37)/b20-12+/t31-,32+/m0/s1. The summed E-state index contributed by atoms with van der Waals surface area (Å²) in [6, 6.07) is -0.543. The molecule has 4 heteroatoms. The Morgan fingerprint density at radius 3 is 1.49 bits per heavy atom. The van der Waals surface area contributed by atoms with Crippen molar-refractivity contribution in [1.82, 2.24) is 5.32 Å². The van der Waals surface area contributed by atoms with E-state index in [2.05, 4.69) is 31.3 Å². The fourth-order valence-corrected chi connectivity index (χ4v) is 4.94. The van der Waals surface area contributed by atoms with Gasteiger partial charge in [-0.1, -0.05) is 142 Å². The van der Waals surface area contributed by atoms with Crippen LogP contribution in [0.5, 0.6) is 0 Å². The lowest BCUT2D eigenvalue weighted by atomic mass is 10.0. The zero-order valence-corrected chi connectivity index (χ0v) is 25.0. The van der Waals surface area contributed by atoms with Crippen molar-refractivity contribution >= 4 is 5.91 Å². The van der Waals surface area contributed by atoms with Gasteiger partial charge < -0.3 is 15.5 Å². The molecule has 0 saturated carbocycles. The number of aliphatic hydroxyl groups excluding tert-OH is 2. The molecule has 0 aliphatic heterocycles. The Balaban J connectivity index is 3.56. The average Bonchev–Trinajstić information content (AvgIpc) is 2.90. The first-order chi connectivity index (χ1) is 18.2. The largest absolute Gasteiger partial charge is 0.394 e. The quantitative estimate of drug-likeness (QED) is 0.0676. The molecule has 0 fully saturated rings. The van der Waals surface area contributed by atoms with Gasteiger partial charge in [-0.2, -0.15) is 0 Å². The van der Waals surface area contributed by atoms with Gasteiger partial charge in [0.2, 0.25) is 5.91 Å². The van der Waals surface area contributed by atoms with E-state index < -0.39 is 12.1 Å². The second-order valence-corrected chi connectivity index (χ2v) is 11.2. The molecule has 220 valence electrons. The number of allylic oxidation sites excluding steroid dienone is 2. The van der Waals surface area contributed by atoms with Gasteiger partial charge in [0.1, 0.15) is 0 Å². The SMILES string of the molecule is CCCCC/C=C/CCCC[C@@H](O)[C@H](CO)NC(=O)CCCCCCCCCCCCCCCCCC. The van der Waals surface area contributed by atoms with Crippen molar-refractivity contribution in [3.05, 3.63) is 12.2 Å². The highest BCUT2D eigenvalue weighted by Crippen LogP contribution is 2.14. The third-order valence-electron chi connectivity index (χ3n) is 7.53. The summed E-state index contributed by atoms with van der Waals surface area (Å²) in [6.07, 6.45) is 34.0. The van der Waals surface area contributed by atoms with E-state index in [4.69, 9.17) is 0 Å². The minimum absolute atomic E-state index is 0.0431. The van der Waals surface area contributed by atoms with Gasteiger partial charge in [-0.25, -0.2) is 0 Å². The molecule has 0 bridgehead atoms. The predicted octanol–water partition coefficient (Wildman–Crippen LogP) is 9.17. The van der Waals surface area contributed by atoms with E-state index in [1.165, 1.54) is 109 Å². The van der Waals surface area contributed by atoms with Crippen LogP contribution in [-0.4, -0.2) is 34.9 Å². The van der Waals surface area contributed by atoms with Crippen LogP contribution in [0.1, 0.15) is 174 Å². The molecule has 0 saturated heterocycles. The van der Waals surface area contributed by atoms with Gasteiger partial charge in [-0.15, -0.1) is 0 Å². The molecule has 0 spiro atoms. The van der Waals surface area contributed by atoms with Crippen LogP contribution in [0, 0.1) is 0 Å². The van der Waals surface area contributed by atoms with Gasteiger partial charge in [0.15, 0.2) is 0 Å². The molecule has 0 aromatic carbocycles. The van der Waals surface area contributed by atoms with Crippen molar-refractivity contribution in [3.63, 3.8) is 0 Å². The van der Waals surface area contributed by atoms with E-state index in [1.807, 2.05) is 0 Å². The number of hydrogen-bond donors (Lipinski definition) is 3. The average molecular weight is 524 g/mol. The third-order valence-corrected chi connectivity index (χ3v) is 7.53. The molecule has 0 heterocycles. The normalized spacial score (nSPS) is 13.3. The molecule has 0 aliphatic carbocycles. The van der Waals surface area contributed by atoms with Gasteiger partial charge in [0.25, 0.3) is 0 Å². The fraction of sp³-hybridized carbons (Fsp3) is 0.909. The van der Waals surface area contributed by atoms with Gasteiger partial charge in [0.05, 0.1) is 18.8 Å². The topological polar surface area (TPSA) is 69.6 Å². The second kappa shape index (κ2) is 29.7. The van der Waals surface area contributed by atoms with Crippen LogP contribution in [0.2, 0.25) is 0 Å². The molecule has 37 heavy (non-hydrogen) atoms. The monoisotopic (exact) mass is 523 g/mol. The zero-order valence-electron chi connectivity index (χ0n) is 25.0. The number of rotatable bonds is 29. The summed E-state index contributed by atoms with van der Waals surface area (Å²) < 4.78 is 0. The fourth-order valence-electron chi connectivity index (χ4n) is 4.94. The molecule has 1 amide bonds. The number of aliphatic hydroxyl groups is 2. The minimum atomic E-state index is -0.673. The molecule has 0 unspecified atom stereocenters. The summed E-state index contributed by atoms with van der Waals surface area (Å²) in [4.78, 5) is 12.2. The lowest BCUT2D eigenvalue weighted by molar-refractivity contribution is -0.123. The van der Waals surface area contributed by atoms with E-state index in [0.717, 1.165) is 38.5 Å². The molecule has 0 aromatic heterocycles. The molecule has 0 radical (unpaired) electrons. The van der Waals surface area contributed by atoms with Gasteiger partial charge in [-0.3, -0.25) is 4.79 Å². The molecular formula is C33H65NO3. The molecule has 4 nitrogen and oxygen atoms in total. The Hall–Kier alpha value is -0.870. The van der Waals surface area contributed by atoms with E-state index in [-0.39, 0.29) is 12.5 Å². The molecular weight excluding hydrogens is 458 g/mol. The summed E-state index contributed by atoms with van der Waals surface area (Å²) in [5.74, 6) is -0.0431. The van der Waals surface area contributed by atoms with Crippen LogP contribution in [0.25, 0.3) is 0 Å². The van der Waals surface area contributed by atoms with Crippen LogP contribution in [-0.2, 0) is 4.79 Å². The van der Waals surface area contributed by atoms with Crippen molar-refractivity contribution in [2.24, 2.45) is 0 Å². The van der Waals surface area contributed by atoms with Crippen LogP contribution in [0.4, 0.5) is 0 Å². The molecule has 2 atom stereocenters. The molecule has 3 N–H and O–H groups in total.